The van der Waals surface area contributed by atoms with E-state index in [0.29, 0.717) is 5.88 Å². The molecule has 0 saturated carbocycles. The zero-order valence-electron chi connectivity index (χ0n) is 7.42. The van der Waals surface area contributed by atoms with Crippen molar-refractivity contribution in [3.8, 4) is 0 Å². The van der Waals surface area contributed by atoms with Crippen LogP contribution in [0.25, 0.3) is 6.08 Å². The molecule has 0 fully saturated rings. The fourth-order valence-electron chi connectivity index (χ4n) is 1.05. The molecule has 0 unspecified atom stereocenters. The average Bonchev–Trinajstić information content (AvgIpc) is 2.31. The summed E-state index contributed by atoms with van der Waals surface area (Å²) in [5, 5.41) is 4.22. The van der Waals surface area contributed by atoms with Gasteiger partial charge in [0.1, 0.15) is 0 Å². The molecule has 0 spiro atoms. The average molecular weight is 185 g/mol. The molecule has 66 valence electrons. The van der Waals surface area contributed by atoms with E-state index in [9.17, 15) is 0 Å². The molecule has 0 aromatic carbocycles. The Morgan fingerprint density at radius 1 is 1.67 bits per heavy atom. The van der Waals surface area contributed by atoms with Crippen LogP contribution in [-0.4, -0.2) is 15.7 Å². The van der Waals surface area contributed by atoms with E-state index in [1.165, 1.54) is 5.56 Å². The normalized spacial score (nSPS) is 11.2. The van der Waals surface area contributed by atoms with Gasteiger partial charge in [0.25, 0.3) is 0 Å². The number of hydrogen-bond donors (Lipinski definition) is 0. The Morgan fingerprint density at radius 3 is 2.92 bits per heavy atom. The summed E-state index contributed by atoms with van der Waals surface area (Å²) in [6.07, 6.45) is 7.04. The van der Waals surface area contributed by atoms with Crippen LogP contribution in [-0.2, 0) is 7.05 Å². The van der Waals surface area contributed by atoms with E-state index in [1.807, 2.05) is 24.9 Å². The van der Waals surface area contributed by atoms with Crippen molar-refractivity contribution in [3.05, 3.63) is 23.5 Å². The molecular formula is C9H13ClN2. The van der Waals surface area contributed by atoms with Crippen molar-refractivity contribution in [3.63, 3.8) is 0 Å². The Labute approximate surface area is 77.8 Å². The Kier molecular flexibility index (Phi) is 3.35. The van der Waals surface area contributed by atoms with Crippen LogP contribution in [0.15, 0.2) is 12.3 Å². The van der Waals surface area contributed by atoms with Crippen LogP contribution in [0.3, 0.4) is 0 Å². The second-order valence-electron chi connectivity index (χ2n) is 2.72. The van der Waals surface area contributed by atoms with E-state index in [0.717, 1.165) is 12.1 Å². The summed E-state index contributed by atoms with van der Waals surface area (Å²) in [7, 11) is 1.92. The third-order valence-corrected chi connectivity index (χ3v) is 1.84. The molecule has 0 saturated heterocycles. The van der Waals surface area contributed by atoms with Crippen molar-refractivity contribution in [2.24, 2.45) is 7.05 Å². The summed E-state index contributed by atoms with van der Waals surface area (Å²) in [5.41, 5.74) is 2.23. The zero-order chi connectivity index (χ0) is 8.97. The lowest BCUT2D eigenvalue weighted by atomic mass is 10.2. The van der Waals surface area contributed by atoms with Crippen molar-refractivity contribution < 1.29 is 0 Å². The van der Waals surface area contributed by atoms with Gasteiger partial charge in [0.05, 0.1) is 5.69 Å². The predicted octanol–water partition coefficient (Wildman–Crippen LogP) is 2.37. The summed E-state index contributed by atoms with van der Waals surface area (Å²) >= 11 is 5.54. The molecule has 0 aliphatic heterocycles. The van der Waals surface area contributed by atoms with Gasteiger partial charge in [-0.2, -0.15) is 5.10 Å². The van der Waals surface area contributed by atoms with Crippen LogP contribution in [0.4, 0.5) is 0 Å². The molecule has 0 bridgehead atoms. The van der Waals surface area contributed by atoms with Gasteiger partial charge in [-0.05, 0) is 13.3 Å². The van der Waals surface area contributed by atoms with Gasteiger partial charge < -0.3 is 0 Å². The summed E-state index contributed by atoms with van der Waals surface area (Å²) in [6, 6.07) is 0. The first-order chi connectivity index (χ1) is 5.74. The molecule has 0 amide bonds. The molecular weight excluding hydrogens is 172 g/mol. The molecule has 1 aromatic heterocycles. The number of allylic oxidation sites excluding steroid dienone is 1. The first-order valence-electron chi connectivity index (χ1n) is 3.97. The van der Waals surface area contributed by atoms with E-state index < -0.39 is 0 Å². The number of halogens is 1. The van der Waals surface area contributed by atoms with Crippen LogP contribution in [0, 0.1) is 6.92 Å². The summed E-state index contributed by atoms with van der Waals surface area (Å²) < 4.78 is 1.82. The molecule has 0 radical (unpaired) electrons. The number of aryl methyl sites for hydroxylation is 2. The summed E-state index contributed by atoms with van der Waals surface area (Å²) in [5.74, 6) is 0.676. The predicted molar refractivity (Wildman–Crippen MR) is 52.3 cm³/mol. The Balaban J connectivity index is 2.68. The lowest BCUT2D eigenvalue weighted by molar-refractivity contribution is 0.756. The third-order valence-electron chi connectivity index (χ3n) is 1.62. The van der Waals surface area contributed by atoms with Crippen molar-refractivity contribution in [2.45, 2.75) is 13.3 Å². The zero-order valence-corrected chi connectivity index (χ0v) is 8.17. The standard InChI is InChI=1S/C9H13ClN2/c1-8-9(5-3-4-6-10)7-12(2)11-8/h3,5,7H,4,6H2,1-2H3. The molecule has 0 aliphatic rings. The minimum atomic E-state index is 0.676. The third kappa shape index (κ3) is 2.38. The lowest BCUT2D eigenvalue weighted by Gasteiger charge is -1.85. The number of nitrogens with zero attached hydrogens (tertiary/aromatic N) is 2. The molecule has 12 heavy (non-hydrogen) atoms. The van der Waals surface area contributed by atoms with Gasteiger partial charge >= 0.3 is 0 Å². The number of aromatic nitrogens is 2. The molecule has 1 aromatic rings. The maximum atomic E-state index is 5.54. The minimum Gasteiger partial charge on any atom is -0.275 e. The molecule has 0 atom stereocenters. The maximum absolute atomic E-state index is 5.54. The van der Waals surface area contributed by atoms with Gasteiger partial charge in [-0.25, -0.2) is 0 Å². The van der Waals surface area contributed by atoms with Crippen molar-refractivity contribution in [1.82, 2.24) is 9.78 Å². The van der Waals surface area contributed by atoms with Gasteiger partial charge in [-0.15, -0.1) is 11.6 Å². The molecule has 1 heterocycles. The van der Waals surface area contributed by atoms with Gasteiger partial charge in [0.2, 0.25) is 0 Å². The van der Waals surface area contributed by atoms with Gasteiger partial charge in [0.15, 0.2) is 0 Å². The molecule has 0 aliphatic carbocycles. The van der Waals surface area contributed by atoms with Crippen LogP contribution in [0.2, 0.25) is 0 Å². The Bertz CT molecular complexity index is 276. The first-order valence-corrected chi connectivity index (χ1v) is 4.50. The van der Waals surface area contributed by atoms with E-state index in [4.69, 9.17) is 11.6 Å². The number of rotatable bonds is 3. The monoisotopic (exact) mass is 184 g/mol. The van der Waals surface area contributed by atoms with Gasteiger partial charge in [-0.3, -0.25) is 4.68 Å². The van der Waals surface area contributed by atoms with Crippen LogP contribution in [0.5, 0.6) is 0 Å². The van der Waals surface area contributed by atoms with E-state index in [1.54, 1.807) is 0 Å². The van der Waals surface area contributed by atoms with E-state index in [-0.39, 0.29) is 0 Å². The largest absolute Gasteiger partial charge is 0.275 e. The van der Waals surface area contributed by atoms with E-state index in [2.05, 4.69) is 17.3 Å². The van der Waals surface area contributed by atoms with Crippen LogP contribution < -0.4 is 0 Å². The SMILES string of the molecule is Cc1nn(C)cc1C=CCCCl. The van der Waals surface area contributed by atoms with Crippen LogP contribution in [0.1, 0.15) is 17.7 Å². The second-order valence-corrected chi connectivity index (χ2v) is 3.10. The topological polar surface area (TPSA) is 17.8 Å². The molecule has 2 nitrogen and oxygen atoms in total. The first kappa shape index (κ1) is 9.33. The smallest absolute Gasteiger partial charge is 0.0665 e. The minimum absolute atomic E-state index is 0.676. The van der Waals surface area contributed by atoms with Crippen molar-refractivity contribution in [2.75, 3.05) is 5.88 Å². The number of alkyl halides is 1. The van der Waals surface area contributed by atoms with Crippen molar-refractivity contribution in [1.29, 1.82) is 0 Å². The highest BCUT2D eigenvalue weighted by Gasteiger charge is 1.96. The second kappa shape index (κ2) is 4.31. The van der Waals surface area contributed by atoms with Gasteiger partial charge in [-0.1, -0.05) is 12.2 Å². The highest BCUT2D eigenvalue weighted by Crippen LogP contribution is 2.07. The molecule has 0 N–H and O–H groups in total. The fraction of sp³-hybridized carbons (Fsp3) is 0.444. The van der Waals surface area contributed by atoms with Crippen LogP contribution >= 0.6 is 11.6 Å². The quantitative estimate of drug-likeness (QED) is 0.660. The summed E-state index contributed by atoms with van der Waals surface area (Å²) in [6.45, 7) is 2.00. The number of hydrogen-bond acceptors (Lipinski definition) is 1. The molecule has 3 heteroatoms. The summed E-state index contributed by atoms with van der Waals surface area (Å²) in [4.78, 5) is 0. The maximum Gasteiger partial charge on any atom is 0.0665 e. The highest BCUT2D eigenvalue weighted by atomic mass is 35.5. The van der Waals surface area contributed by atoms with Gasteiger partial charge in [0, 0.05) is 24.7 Å². The Hall–Kier alpha value is -0.760. The Morgan fingerprint density at radius 2 is 2.42 bits per heavy atom. The van der Waals surface area contributed by atoms with Crippen molar-refractivity contribution >= 4 is 17.7 Å². The van der Waals surface area contributed by atoms with E-state index >= 15 is 0 Å². The lowest BCUT2D eigenvalue weighted by Crippen LogP contribution is -1.86. The fourth-order valence-corrected chi connectivity index (χ4v) is 1.18. The molecule has 1 rings (SSSR count). The highest BCUT2D eigenvalue weighted by molar-refractivity contribution is 6.17.